The Morgan fingerprint density at radius 2 is 1.50 bits per heavy atom. The van der Waals surface area contributed by atoms with Crippen LogP contribution in [0.3, 0.4) is 0 Å². The van der Waals surface area contributed by atoms with E-state index in [4.69, 9.17) is 0 Å². The zero-order chi connectivity index (χ0) is 7.56. The Labute approximate surface area is 62.8 Å². The topological polar surface area (TPSA) is 17.1 Å². The molecule has 0 heterocycles. The van der Waals surface area contributed by atoms with E-state index in [9.17, 15) is 4.79 Å². The molecule has 0 aromatic rings. The summed E-state index contributed by atoms with van der Waals surface area (Å²) in [4.78, 5) is 11.1. The summed E-state index contributed by atoms with van der Waals surface area (Å²) in [6, 6.07) is 0. The minimum atomic E-state index is 0.470. The third-order valence-electron chi connectivity index (χ3n) is 2.30. The van der Waals surface area contributed by atoms with Gasteiger partial charge in [0.1, 0.15) is 5.78 Å². The van der Waals surface area contributed by atoms with Crippen LogP contribution in [0.15, 0.2) is 0 Å². The number of Topliss-reactive ketones (excluding diaryl/α,β-unsaturated/α-hetero) is 1. The second-order valence-corrected chi connectivity index (χ2v) is 3.73. The summed E-state index contributed by atoms with van der Waals surface area (Å²) in [5, 5.41) is 0. The molecule has 0 N–H and O–H groups in total. The van der Waals surface area contributed by atoms with Gasteiger partial charge in [0.05, 0.1) is 0 Å². The van der Waals surface area contributed by atoms with Crippen LogP contribution in [-0.2, 0) is 4.79 Å². The molecule has 0 aliphatic heterocycles. The van der Waals surface area contributed by atoms with Gasteiger partial charge in [-0.3, -0.25) is 4.79 Å². The lowest BCUT2D eigenvalue weighted by atomic mass is 10.0. The molecule has 1 fully saturated rings. The zero-order valence-corrected chi connectivity index (χ0v) is 6.89. The normalized spacial score (nSPS) is 35.6. The fourth-order valence-electron chi connectivity index (χ4n) is 1.63. The molecule has 1 heteroatoms. The van der Waals surface area contributed by atoms with Gasteiger partial charge >= 0.3 is 0 Å². The summed E-state index contributed by atoms with van der Waals surface area (Å²) < 4.78 is 0. The van der Waals surface area contributed by atoms with Crippen molar-refractivity contribution in [1.29, 1.82) is 0 Å². The number of ketones is 1. The maximum absolute atomic E-state index is 11.1. The van der Waals surface area contributed by atoms with E-state index in [0.29, 0.717) is 17.6 Å². The summed E-state index contributed by atoms with van der Waals surface area (Å²) in [6.07, 6.45) is 4.13. The second-order valence-electron chi connectivity index (χ2n) is 3.73. The Kier molecular flexibility index (Phi) is 2.47. The average molecular weight is 140 g/mol. The van der Waals surface area contributed by atoms with E-state index in [1.807, 2.05) is 0 Å². The summed E-state index contributed by atoms with van der Waals surface area (Å²) >= 11 is 0. The van der Waals surface area contributed by atoms with E-state index in [-0.39, 0.29) is 0 Å². The van der Waals surface area contributed by atoms with Gasteiger partial charge in [-0.1, -0.05) is 26.7 Å². The van der Waals surface area contributed by atoms with Crippen molar-refractivity contribution in [3.63, 3.8) is 0 Å². The fourth-order valence-corrected chi connectivity index (χ4v) is 1.63. The first-order valence-electron chi connectivity index (χ1n) is 4.20. The minimum Gasteiger partial charge on any atom is -0.300 e. The molecule has 1 aliphatic carbocycles. The van der Waals surface area contributed by atoms with Gasteiger partial charge in [0.2, 0.25) is 0 Å². The van der Waals surface area contributed by atoms with E-state index in [1.165, 1.54) is 12.8 Å². The third-order valence-corrected chi connectivity index (χ3v) is 2.30. The largest absolute Gasteiger partial charge is 0.300 e. The lowest BCUT2D eigenvalue weighted by Gasteiger charge is -2.04. The Balaban J connectivity index is 2.46. The van der Waals surface area contributed by atoms with Crippen molar-refractivity contribution in [2.75, 3.05) is 0 Å². The standard InChI is InChI=1S/C9H16O/c1-7-3-4-8(2)6-9(10)5-7/h7-8H,3-6H2,1-2H3. The molecule has 0 aromatic carbocycles. The summed E-state index contributed by atoms with van der Waals surface area (Å²) in [5.74, 6) is 1.74. The van der Waals surface area contributed by atoms with E-state index in [0.717, 1.165) is 12.8 Å². The molecule has 10 heavy (non-hydrogen) atoms. The van der Waals surface area contributed by atoms with Gasteiger partial charge in [0.25, 0.3) is 0 Å². The number of carbonyl (C=O) groups is 1. The van der Waals surface area contributed by atoms with Crippen molar-refractivity contribution >= 4 is 5.78 Å². The Morgan fingerprint density at radius 1 is 1.10 bits per heavy atom. The van der Waals surface area contributed by atoms with E-state index in [1.54, 1.807) is 0 Å². The van der Waals surface area contributed by atoms with Crippen LogP contribution in [0.25, 0.3) is 0 Å². The number of carbonyl (C=O) groups excluding carboxylic acids is 1. The van der Waals surface area contributed by atoms with Gasteiger partial charge in [-0.05, 0) is 11.8 Å². The van der Waals surface area contributed by atoms with Crippen LogP contribution in [0.1, 0.15) is 39.5 Å². The van der Waals surface area contributed by atoms with Gasteiger partial charge in [-0.25, -0.2) is 0 Å². The number of hydrogen-bond donors (Lipinski definition) is 0. The molecule has 1 saturated carbocycles. The van der Waals surface area contributed by atoms with Gasteiger partial charge in [-0.15, -0.1) is 0 Å². The first-order chi connectivity index (χ1) is 4.68. The Morgan fingerprint density at radius 3 is 1.90 bits per heavy atom. The molecular weight excluding hydrogens is 124 g/mol. The van der Waals surface area contributed by atoms with Gasteiger partial charge in [0, 0.05) is 12.8 Å². The van der Waals surface area contributed by atoms with Crippen molar-refractivity contribution in [3.05, 3.63) is 0 Å². The average Bonchev–Trinajstić information content (AvgIpc) is 1.93. The first-order valence-corrected chi connectivity index (χ1v) is 4.20. The van der Waals surface area contributed by atoms with Crippen LogP contribution in [0.5, 0.6) is 0 Å². The molecule has 1 rings (SSSR count). The molecule has 1 nitrogen and oxygen atoms in total. The SMILES string of the molecule is CC1CCC(C)CC(=O)C1. The lowest BCUT2D eigenvalue weighted by molar-refractivity contribution is -0.120. The van der Waals surface area contributed by atoms with Gasteiger partial charge in [-0.2, -0.15) is 0 Å². The summed E-state index contributed by atoms with van der Waals surface area (Å²) in [5.41, 5.74) is 0. The van der Waals surface area contributed by atoms with Gasteiger partial charge in [0.15, 0.2) is 0 Å². The summed E-state index contributed by atoms with van der Waals surface area (Å²) in [7, 11) is 0. The van der Waals surface area contributed by atoms with Crippen LogP contribution >= 0.6 is 0 Å². The van der Waals surface area contributed by atoms with Crippen LogP contribution in [-0.4, -0.2) is 5.78 Å². The fraction of sp³-hybridized carbons (Fsp3) is 0.889. The van der Waals surface area contributed by atoms with Crippen LogP contribution < -0.4 is 0 Å². The highest BCUT2D eigenvalue weighted by molar-refractivity contribution is 5.79. The Hall–Kier alpha value is -0.330. The van der Waals surface area contributed by atoms with Crippen LogP contribution in [0, 0.1) is 11.8 Å². The van der Waals surface area contributed by atoms with Crippen LogP contribution in [0.4, 0.5) is 0 Å². The lowest BCUT2D eigenvalue weighted by Crippen LogP contribution is -2.02. The predicted octanol–water partition coefficient (Wildman–Crippen LogP) is 2.40. The predicted molar refractivity (Wildman–Crippen MR) is 41.8 cm³/mol. The van der Waals surface area contributed by atoms with Crippen molar-refractivity contribution in [2.45, 2.75) is 39.5 Å². The zero-order valence-electron chi connectivity index (χ0n) is 6.89. The molecule has 0 spiro atoms. The molecule has 0 aromatic heterocycles. The van der Waals surface area contributed by atoms with Crippen molar-refractivity contribution in [1.82, 2.24) is 0 Å². The monoisotopic (exact) mass is 140 g/mol. The van der Waals surface area contributed by atoms with Crippen LogP contribution in [0.2, 0.25) is 0 Å². The molecule has 2 atom stereocenters. The van der Waals surface area contributed by atoms with Crippen molar-refractivity contribution in [2.24, 2.45) is 11.8 Å². The molecule has 2 unspecified atom stereocenters. The second kappa shape index (κ2) is 3.18. The molecular formula is C9H16O. The highest BCUT2D eigenvalue weighted by Crippen LogP contribution is 2.23. The highest BCUT2D eigenvalue weighted by atomic mass is 16.1. The smallest absolute Gasteiger partial charge is 0.133 e. The molecule has 1 aliphatic rings. The van der Waals surface area contributed by atoms with Crippen molar-refractivity contribution < 1.29 is 4.79 Å². The maximum atomic E-state index is 11.1. The first kappa shape index (κ1) is 7.77. The van der Waals surface area contributed by atoms with Crippen molar-refractivity contribution in [3.8, 4) is 0 Å². The quantitative estimate of drug-likeness (QED) is 0.472. The number of hydrogen-bond acceptors (Lipinski definition) is 1. The molecule has 0 radical (unpaired) electrons. The van der Waals surface area contributed by atoms with E-state index >= 15 is 0 Å². The highest BCUT2D eigenvalue weighted by Gasteiger charge is 2.17. The maximum Gasteiger partial charge on any atom is 0.133 e. The molecule has 58 valence electrons. The number of rotatable bonds is 0. The molecule has 0 saturated heterocycles. The van der Waals surface area contributed by atoms with Gasteiger partial charge < -0.3 is 0 Å². The molecule has 0 bridgehead atoms. The summed E-state index contributed by atoms with van der Waals surface area (Å²) in [6.45, 7) is 4.35. The minimum absolute atomic E-state index is 0.470. The Bertz CT molecular complexity index is 115. The third kappa shape index (κ3) is 2.13. The van der Waals surface area contributed by atoms with E-state index < -0.39 is 0 Å². The van der Waals surface area contributed by atoms with E-state index in [2.05, 4.69) is 13.8 Å². The molecule has 0 amide bonds.